The number of piperazine rings is 1. The molecule has 0 radical (unpaired) electrons. The number of amides is 5. The lowest BCUT2D eigenvalue weighted by Gasteiger charge is -2.40. The van der Waals surface area contributed by atoms with Crippen molar-refractivity contribution in [3.8, 4) is 0 Å². The summed E-state index contributed by atoms with van der Waals surface area (Å²) in [4.78, 5) is 54.3. The van der Waals surface area contributed by atoms with Crippen molar-refractivity contribution in [1.82, 2.24) is 25.3 Å². The Labute approximate surface area is 170 Å². The van der Waals surface area contributed by atoms with Crippen LogP contribution in [0.3, 0.4) is 0 Å². The summed E-state index contributed by atoms with van der Waals surface area (Å²) in [6.07, 6.45) is 0. The summed E-state index contributed by atoms with van der Waals surface area (Å²) in [5.74, 6) is -1.14. The molecule has 29 heavy (non-hydrogen) atoms. The van der Waals surface area contributed by atoms with Crippen LogP contribution in [0.25, 0.3) is 0 Å². The molecule has 5 amide bonds. The van der Waals surface area contributed by atoms with Crippen molar-refractivity contribution in [3.05, 3.63) is 35.9 Å². The van der Waals surface area contributed by atoms with Gasteiger partial charge >= 0.3 is 6.03 Å². The van der Waals surface area contributed by atoms with Gasteiger partial charge in [-0.05, 0) is 19.4 Å². The number of likely N-dealkylation sites (N-methyl/N-ethyl adjacent to an activating group) is 1. The van der Waals surface area contributed by atoms with Crippen LogP contribution in [0.1, 0.15) is 19.4 Å². The molecule has 2 heterocycles. The third-order valence-electron chi connectivity index (χ3n) is 5.32. The lowest BCUT2D eigenvalue weighted by atomic mass is 10.1. The quantitative estimate of drug-likeness (QED) is 0.664. The van der Waals surface area contributed by atoms with Crippen LogP contribution in [0, 0.1) is 0 Å². The second-order valence-electron chi connectivity index (χ2n) is 7.88. The molecular weight excluding hydrogens is 374 g/mol. The standard InChI is InChI=1S/C20H27N5O4/c1-20(2)18(28)25(19(29)22-20)13-16(26)24-10-9-23(12-15(24)17(27)21-3)11-14-7-5-4-6-8-14/h4-8,15H,9-13H2,1-3H3,(H,21,27)(H,22,29). The number of urea groups is 1. The predicted octanol–water partition coefficient (Wildman–Crippen LogP) is -0.224. The fourth-order valence-electron chi connectivity index (χ4n) is 3.70. The average molecular weight is 401 g/mol. The minimum atomic E-state index is -1.04. The first-order chi connectivity index (χ1) is 13.7. The van der Waals surface area contributed by atoms with Crippen molar-refractivity contribution in [3.63, 3.8) is 0 Å². The first-order valence-electron chi connectivity index (χ1n) is 9.64. The highest BCUT2D eigenvalue weighted by atomic mass is 16.2. The van der Waals surface area contributed by atoms with E-state index >= 15 is 0 Å². The van der Waals surface area contributed by atoms with Crippen molar-refractivity contribution in [1.29, 1.82) is 0 Å². The number of imide groups is 1. The second-order valence-corrected chi connectivity index (χ2v) is 7.88. The maximum atomic E-state index is 12.9. The molecule has 2 N–H and O–H groups in total. The molecule has 0 saturated carbocycles. The van der Waals surface area contributed by atoms with Crippen molar-refractivity contribution in [2.45, 2.75) is 32.0 Å². The fraction of sp³-hybridized carbons (Fsp3) is 0.500. The Balaban J connectivity index is 1.69. The summed E-state index contributed by atoms with van der Waals surface area (Å²) in [6, 6.07) is 8.64. The first-order valence-corrected chi connectivity index (χ1v) is 9.64. The molecule has 3 rings (SSSR count). The molecule has 1 aromatic carbocycles. The van der Waals surface area contributed by atoms with E-state index in [4.69, 9.17) is 0 Å². The molecule has 156 valence electrons. The Morgan fingerprint density at radius 3 is 2.45 bits per heavy atom. The van der Waals surface area contributed by atoms with E-state index in [1.807, 2.05) is 30.3 Å². The third-order valence-corrected chi connectivity index (χ3v) is 5.32. The third kappa shape index (κ3) is 4.40. The van der Waals surface area contributed by atoms with E-state index in [9.17, 15) is 19.2 Å². The Morgan fingerprint density at radius 1 is 1.17 bits per heavy atom. The Kier molecular flexibility index (Phi) is 5.88. The fourth-order valence-corrected chi connectivity index (χ4v) is 3.70. The van der Waals surface area contributed by atoms with Crippen LogP contribution in [-0.4, -0.2) is 83.3 Å². The number of hydrogen-bond acceptors (Lipinski definition) is 5. The molecule has 9 nitrogen and oxygen atoms in total. The van der Waals surface area contributed by atoms with E-state index < -0.39 is 29.4 Å². The van der Waals surface area contributed by atoms with Crippen molar-refractivity contribution >= 4 is 23.8 Å². The lowest BCUT2D eigenvalue weighted by Crippen LogP contribution is -2.61. The normalized spacial score (nSPS) is 21.8. The molecule has 2 fully saturated rings. The van der Waals surface area contributed by atoms with Crippen molar-refractivity contribution in [2.24, 2.45) is 0 Å². The summed E-state index contributed by atoms with van der Waals surface area (Å²) in [6.45, 7) is 4.81. The van der Waals surface area contributed by atoms with Gasteiger partial charge in [0.1, 0.15) is 18.1 Å². The van der Waals surface area contributed by atoms with Gasteiger partial charge in [-0.15, -0.1) is 0 Å². The summed E-state index contributed by atoms with van der Waals surface area (Å²) in [5.41, 5.74) is 0.0934. The number of benzene rings is 1. The Bertz CT molecular complexity index is 810. The predicted molar refractivity (Wildman–Crippen MR) is 106 cm³/mol. The average Bonchev–Trinajstić information content (AvgIpc) is 2.89. The SMILES string of the molecule is CNC(=O)C1CN(Cc2ccccc2)CCN1C(=O)CN1C(=O)NC(C)(C)C1=O. The number of rotatable bonds is 5. The van der Waals surface area contributed by atoms with Gasteiger partial charge in [0.05, 0.1) is 0 Å². The Morgan fingerprint density at radius 2 is 1.86 bits per heavy atom. The summed E-state index contributed by atoms with van der Waals surface area (Å²) in [7, 11) is 1.53. The minimum Gasteiger partial charge on any atom is -0.357 e. The number of carbonyl (C=O) groups excluding carboxylic acids is 4. The second kappa shape index (κ2) is 8.20. The summed E-state index contributed by atoms with van der Waals surface area (Å²) < 4.78 is 0. The summed E-state index contributed by atoms with van der Waals surface area (Å²) >= 11 is 0. The lowest BCUT2D eigenvalue weighted by molar-refractivity contribution is -0.146. The van der Waals surface area contributed by atoms with Crippen molar-refractivity contribution < 1.29 is 19.2 Å². The van der Waals surface area contributed by atoms with Gasteiger partial charge < -0.3 is 15.5 Å². The van der Waals surface area contributed by atoms with E-state index in [0.29, 0.717) is 26.2 Å². The van der Waals surface area contributed by atoms with Gasteiger partial charge in [0.15, 0.2) is 0 Å². The highest BCUT2D eigenvalue weighted by molar-refractivity contribution is 6.08. The molecule has 0 spiro atoms. The highest BCUT2D eigenvalue weighted by Crippen LogP contribution is 2.19. The molecule has 0 aliphatic carbocycles. The van der Waals surface area contributed by atoms with Gasteiger partial charge in [-0.3, -0.25) is 24.2 Å². The molecule has 0 bridgehead atoms. The zero-order valence-electron chi connectivity index (χ0n) is 17.0. The molecule has 1 unspecified atom stereocenters. The van der Waals surface area contributed by atoms with Crippen LogP contribution in [-0.2, 0) is 20.9 Å². The van der Waals surface area contributed by atoms with Crippen LogP contribution in [0.4, 0.5) is 4.79 Å². The zero-order valence-corrected chi connectivity index (χ0v) is 17.0. The monoisotopic (exact) mass is 401 g/mol. The molecular formula is C20H27N5O4. The van der Waals surface area contributed by atoms with Crippen LogP contribution < -0.4 is 10.6 Å². The molecule has 2 saturated heterocycles. The summed E-state index contributed by atoms with van der Waals surface area (Å²) in [5, 5.41) is 5.17. The van der Waals surface area contributed by atoms with E-state index in [2.05, 4.69) is 15.5 Å². The van der Waals surface area contributed by atoms with Crippen LogP contribution in [0.5, 0.6) is 0 Å². The number of nitrogens with zero attached hydrogens (tertiary/aromatic N) is 3. The number of hydrogen-bond donors (Lipinski definition) is 2. The molecule has 2 aliphatic rings. The van der Waals surface area contributed by atoms with Gasteiger partial charge in [0.2, 0.25) is 11.8 Å². The maximum Gasteiger partial charge on any atom is 0.325 e. The molecule has 9 heteroatoms. The molecule has 1 aromatic rings. The van der Waals surface area contributed by atoms with Gasteiger partial charge in [-0.2, -0.15) is 0 Å². The topological polar surface area (TPSA) is 102 Å². The number of nitrogens with one attached hydrogen (secondary N) is 2. The zero-order chi connectivity index (χ0) is 21.2. The first kappa shape index (κ1) is 20.8. The number of carbonyl (C=O) groups is 4. The van der Waals surface area contributed by atoms with Crippen molar-refractivity contribution in [2.75, 3.05) is 33.2 Å². The van der Waals surface area contributed by atoms with Crippen LogP contribution in [0.15, 0.2) is 30.3 Å². The van der Waals surface area contributed by atoms with Gasteiger partial charge in [0, 0.05) is 33.2 Å². The maximum absolute atomic E-state index is 12.9. The van der Waals surface area contributed by atoms with Gasteiger partial charge in [-0.1, -0.05) is 30.3 Å². The van der Waals surface area contributed by atoms with E-state index in [1.54, 1.807) is 13.8 Å². The van der Waals surface area contributed by atoms with E-state index in [-0.39, 0.29) is 12.5 Å². The largest absolute Gasteiger partial charge is 0.357 e. The van der Waals surface area contributed by atoms with Gasteiger partial charge in [-0.25, -0.2) is 4.79 Å². The molecule has 1 atom stereocenters. The Hall–Kier alpha value is -2.94. The van der Waals surface area contributed by atoms with E-state index in [0.717, 1.165) is 10.5 Å². The highest BCUT2D eigenvalue weighted by Gasteiger charge is 2.46. The molecule has 0 aromatic heterocycles. The van der Waals surface area contributed by atoms with Crippen LogP contribution >= 0.6 is 0 Å². The van der Waals surface area contributed by atoms with Crippen LogP contribution in [0.2, 0.25) is 0 Å². The minimum absolute atomic E-state index is 0.270. The van der Waals surface area contributed by atoms with E-state index in [1.165, 1.54) is 11.9 Å². The van der Waals surface area contributed by atoms with Gasteiger partial charge in [0.25, 0.3) is 5.91 Å². The molecule has 2 aliphatic heterocycles. The smallest absolute Gasteiger partial charge is 0.325 e.